The Balaban J connectivity index is 1.54. The first-order valence-electron chi connectivity index (χ1n) is 9.64. The van der Waals surface area contributed by atoms with E-state index < -0.39 is 0 Å². The van der Waals surface area contributed by atoms with Crippen LogP contribution in [0.3, 0.4) is 0 Å². The van der Waals surface area contributed by atoms with E-state index in [1.807, 2.05) is 12.1 Å². The van der Waals surface area contributed by atoms with Crippen LogP contribution in [0, 0.1) is 17.2 Å². The van der Waals surface area contributed by atoms with Crippen molar-refractivity contribution in [1.29, 1.82) is 5.26 Å². The predicted octanol–water partition coefficient (Wildman–Crippen LogP) is 4.87. The van der Waals surface area contributed by atoms with Crippen LogP contribution in [-0.2, 0) is 6.54 Å². The summed E-state index contributed by atoms with van der Waals surface area (Å²) in [5.41, 5.74) is 3.89. The lowest BCUT2D eigenvalue weighted by atomic mass is 9.94. The van der Waals surface area contributed by atoms with E-state index in [1.165, 1.54) is 17.7 Å². The van der Waals surface area contributed by atoms with E-state index >= 15 is 0 Å². The van der Waals surface area contributed by atoms with Crippen molar-refractivity contribution in [2.45, 2.75) is 25.9 Å². The number of piperidine rings is 1. The molecule has 0 amide bonds. The molecule has 1 saturated heterocycles. The van der Waals surface area contributed by atoms with Crippen molar-refractivity contribution in [3.05, 3.63) is 70.3 Å². The standard InChI is InChI=1S/C23H23BrN4/c1-16-11-20(27-13-17-4-7-19(24)8-5-17)15-28(14-16)22-9-6-18(12-25)23-21(22)3-2-10-26-23/h2-10,16,20,27H,11,13-15H2,1H3/t16-,20+/m0/s1. The number of aromatic nitrogens is 1. The number of nitrogens with one attached hydrogen (secondary N) is 1. The molecule has 28 heavy (non-hydrogen) atoms. The summed E-state index contributed by atoms with van der Waals surface area (Å²) in [5.74, 6) is 0.596. The Kier molecular flexibility index (Phi) is 5.61. The number of fused-ring (bicyclic) bond motifs is 1. The van der Waals surface area contributed by atoms with Crippen molar-refractivity contribution >= 4 is 32.5 Å². The topological polar surface area (TPSA) is 52.0 Å². The van der Waals surface area contributed by atoms with Gasteiger partial charge in [0.1, 0.15) is 6.07 Å². The average Bonchev–Trinajstić information content (AvgIpc) is 2.72. The molecule has 1 aliphatic rings. The Morgan fingerprint density at radius 3 is 2.79 bits per heavy atom. The van der Waals surface area contributed by atoms with E-state index in [9.17, 15) is 5.26 Å². The molecule has 2 heterocycles. The first kappa shape index (κ1) is 18.9. The molecule has 0 spiro atoms. The Bertz CT molecular complexity index is 1010. The van der Waals surface area contributed by atoms with Crippen molar-refractivity contribution in [3.8, 4) is 6.07 Å². The Morgan fingerprint density at radius 1 is 1.18 bits per heavy atom. The quantitative estimate of drug-likeness (QED) is 0.635. The van der Waals surface area contributed by atoms with Gasteiger partial charge in [-0.2, -0.15) is 5.26 Å². The number of halogens is 1. The SMILES string of the molecule is C[C@H]1C[C@@H](NCc2ccc(Br)cc2)CN(c2ccc(C#N)c3ncccc23)C1. The van der Waals surface area contributed by atoms with E-state index in [0.29, 0.717) is 17.5 Å². The molecule has 0 saturated carbocycles. The molecule has 0 aliphatic carbocycles. The maximum atomic E-state index is 9.40. The zero-order chi connectivity index (χ0) is 19.5. The van der Waals surface area contributed by atoms with E-state index in [0.717, 1.165) is 35.0 Å². The van der Waals surface area contributed by atoms with Gasteiger partial charge in [-0.1, -0.05) is 35.0 Å². The molecule has 0 radical (unpaired) electrons. The molecule has 3 aromatic rings. The zero-order valence-corrected chi connectivity index (χ0v) is 17.5. The maximum Gasteiger partial charge on any atom is 0.101 e. The fourth-order valence-corrected chi connectivity index (χ4v) is 4.35. The maximum absolute atomic E-state index is 9.40. The van der Waals surface area contributed by atoms with Crippen LogP contribution in [0.2, 0.25) is 0 Å². The first-order chi connectivity index (χ1) is 13.6. The number of nitriles is 1. The number of pyridine rings is 1. The van der Waals surface area contributed by atoms with Gasteiger partial charge in [-0.3, -0.25) is 4.98 Å². The molecule has 2 atom stereocenters. The van der Waals surface area contributed by atoms with Crippen LogP contribution in [0.4, 0.5) is 5.69 Å². The Hall–Kier alpha value is -2.42. The van der Waals surface area contributed by atoms with Crippen molar-refractivity contribution in [3.63, 3.8) is 0 Å². The molecule has 1 aromatic heterocycles. The Morgan fingerprint density at radius 2 is 2.00 bits per heavy atom. The third-order valence-corrected chi connectivity index (χ3v) is 5.90. The van der Waals surface area contributed by atoms with Crippen molar-refractivity contribution in [1.82, 2.24) is 10.3 Å². The van der Waals surface area contributed by atoms with E-state index in [-0.39, 0.29) is 0 Å². The van der Waals surface area contributed by atoms with Crippen molar-refractivity contribution in [2.24, 2.45) is 5.92 Å². The molecular weight excluding hydrogens is 412 g/mol. The minimum atomic E-state index is 0.426. The van der Waals surface area contributed by atoms with Gasteiger partial charge in [0.25, 0.3) is 0 Å². The van der Waals surface area contributed by atoms with Crippen LogP contribution in [0.25, 0.3) is 10.9 Å². The van der Waals surface area contributed by atoms with Crippen LogP contribution < -0.4 is 10.2 Å². The summed E-state index contributed by atoms with van der Waals surface area (Å²) in [7, 11) is 0. The van der Waals surface area contributed by atoms with Crippen LogP contribution in [0.15, 0.2) is 59.2 Å². The summed E-state index contributed by atoms with van der Waals surface area (Å²) in [6.07, 6.45) is 2.92. The average molecular weight is 435 g/mol. The lowest BCUT2D eigenvalue weighted by Crippen LogP contribution is -2.48. The summed E-state index contributed by atoms with van der Waals surface area (Å²) in [4.78, 5) is 6.90. The van der Waals surface area contributed by atoms with Gasteiger partial charge in [-0.25, -0.2) is 0 Å². The predicted molar refractivity (Wildman–Crippen MR) is 117 cm³/mol. The Labute approximate surface area is 174 Å². The van der Waals surface area contributed by atoms with Gasteiger partial charge in [0.05, 0.1) is 11.1 Å². The summed E-state index contributed by atoms with van der Waals surface area (Å²) >= 11 is 3.49. The molecular formula is C23H23BrN4. The molecule has 2 aromatic carbocycles. The summed E-state index contributed by atoms with van der Waals surface area (Å²) in [6.45, 7) is 5.15. The lowest BCUT2D eigenvalue weighted by Gasteiger charge is -2.39. The molecule has 4 nitrogen and oxygen atoms in total. The fourth-order valence-electron chi connectivity index (χ4n) is 4.08. The smallest absolute Gasteiger partial charge is 0.101 e. The normalized spacial score (nSPS) is 19.5. The highest BCUT2D eigenvalue weighted by molar-refractivity contribution is 9.10. The summed E-state index contributed by atoms with van der Waals surface area (Å²) in [5, 5.41) is 14.2. The third kappa shape index (κ3) is 4.04. The summed E-state index contributed by atoms with van der Waals surface area (Å²) in [6, 6.07) is 19.2. The van der Waals surface area contributed by atoms with Gasteiger partial charge in [0.2, 0.25) is 0 Å². The lowest BCUT2D eigenvalue weighted by molar-refractivity contribution is 0.350. The first-order valence-corrected chi connectivity index (χ1v) is 10.4. The van der Waals surface area contributed by atoms with Crippen LogP contribution in [0.1, 0.15) is 24.5 Å². The molecule has 1 aliphatic heterocycles. The van der Waals surface area contributed by atoms with Gasteiger partial charge < -0.3 is 10.2 Å². The third-order valence-electron chi connectivity index (χ3n) is 5.38. The number of benzene rings is 2. The van der Waals surface area contributed by atoms with Crippen LogP contribution in [0.5, 0.6) is 0 Å². The number of hydrogen-bond acceptors (Lipinski definition) is 4. The zero-order valence-electron chi connectivity index (χ0n) is 15.9. The van der Waals surface area contributed by atoms with Gasteiger partial charge in [-0.15, -0.1) is 0 Å². The van der Waals surface area contributed by atoms with Crippen LogP contribution in [-0.4, -0.2) is 24.1 Å². The largest absolute Gasteiger partial charge is 0.369 e. The number of anilines is 1. The highest BCUT2D eigenvalue weighted by Gasteiger charge is 2.26. The second-order valence-corrected chi connectivity index (χ2v) is 8.51. The monoisotopic (exact) mass is 434 g/mol. The second-order valence-electron chi connectivity index (χ2n) is 7.59. The van der Waals surface area contributed by atoms with Crippen molar-refractivity contribution < 1.29 is 0 Å². The second kappa shape index (κ2) is 8.30. The molecule has 0 unspecified atom stereocenters. The minimum absolute atomic E-state index is 0.426. The number of hydrogen-bond donors (Lipinski definition) is 1. The highest BCUT2D eigenvalue weighted by Crippen LogP contribution is 2.31. The van der Waals surface area contributed by atoms with E-state index in [1.54, 1.807) is 6.20 Å². The molecule has 1 N–H and O–H groups in total. The van der Waals surface area contributed by atoms with Gasteiger partial charge in [-0.05, 0) is 54.3 Å². The number of nitrogens with zero attached hydrogens (tertiary/aromatic N) is 3. The molecule has 4 rings (SSSR count). The van der Waals surface area contributed by atoms with Gasteiger partial charge in [0, 0.05) is 47.4 Å². The van der Waals surface area contributed by atoms with E-state index in [2.05, 4.69) is 80.5 Å². The molecule has 0 bridgehead atoms. The van der Waals surface area contributed by atoms with E-state index in [4.69, 9.17) is 0 Å². The van der Waals surface area contributed by atoms with Gasteiger partial charge >= 0.3 is 0 Å². The minimum Gasteiger partial charge on any atom is -0.369 e. The molecule has 1 fully saturated rings. The van der Waals surface area contributed by atoms with Crippen molar-refractivity contribution in [2.75, 3.05) is 18.0 Å². The molecule has 5 heteroatoms. The molecule has 142 valence electrons. The number of rotatable bonds is 4. The van der Waals surface area contributed by atoms with Gasteiger partial charge in [0.15, 0.2) is 0 Å². The summed E-state index contributed by atoms with van der Waals surface area (Å²) < 4.78 is 1.11. The fraction of sp³-hybridized carbons (Fsp3) is 0.304. The van der Waals surface area contributed by atoms with Crippen LogP contribution >= 0.6 is 15.9 Å². The highest BCUT2D eigenvalue weighted by atomic mass is 79.9.